The molecule has 0 nitrogen and oxygen atoms in total. The summed E-state index contributed by atoms with van der Waals surface area (Å²) in [6.45, 7) is 0. The number of alkyl halides is 1. The van der Waals surface area contributed by atoms with Gasteiger partial charge in [-0.2, -0.15) is 0 Å². The van der Waals surface area contributed by atoms with Crippen LogP contribution >= 0.6 is 59.1 Å². The first kappa shape index (κ1) is 11.8. The Morgan fingerprint density at radius 1 is 1.13 bits per heavy atom. The molecule has 0 fully saturated rings. The third kappa shape index (κ3) is 2.73. The highest BCUT2D eigenvalue weighted by atomic mass is 79.9. The number of rotatable bonds is 2. The normalized spacial score (nSPS) is 12.7. The number of benzene rings is 1. The van der Waals surface area contributed by atoms with Crippen molar-refractivity contribution in [3.63, 3.8) is 0 Å². The van der Waals surface area contributed by atoms with E-state index in [1.54, 1.807) is 11.3 Å². The van der Waals surface area contributed by atoms with Crippen molar-refractivity contribution in [3.8, 4) is 0 Å². The van der Waals surface area contributed by atoms with E-state index in [0.29, 0.717) is 0 Å². The van der Waals surface area contributed by atoms with E-state index in [4.69, 9.17) is 0 Å². The third-order valence-electron chi connectivity index (χ3n) is 2.03. The Balaban J connectivity index is 2.38. The van der Waals surface area contributed by atoms with Crippen molar-refractivity contribution in [2.75, 3.05) is 0 Å². The highest BCUT2D eigenvalue weighted by Gasteiger charge is 2.14. The Morgan fingerprint density at radius 3 is 2.53 bits per heavy atom. The zero-order valence-corrected chi connectivity index (χ0v) is 13.2. The summed E-state index contributed by atoms with van der Waals surface area (Å²) in [4.78, 5) is 1.58. The van der Waals surface area contributed by atoms with Gasteiger partial charge >= 0.3 is 0 Å². The molecule has 2 rings (SSSR count). The molecule has 0 spiro atoms. The van der Waals surface area contributed by atoms with E-state index in [2.05, 4.69) is 83.5 Å². The lowest BCUT2D eigenvalue weighted by molar-refractivity contribution is 1.20. The molecule has 1 unspecified atom stereocenters. The Bertz CT molecular complexity index is 451. The summed E-state index contributed by atoms with van der Waals surface area (Å²) in [5.74, 6) is 0. The number of thiophene rings is 1. The molecule has 0 saturated carbocycles. The molecule has 0 aliphatic carbocycles. The molecule has 0 amide bonds. The second-order valence-corrected chi connectivity index (χ2v) is 6.71. The summed E-state index contributed by atoms with van der Waals surface area (Å²) < 4.78 is 2.20. The van der Waals surface area contributed by atoms with Crippen LogP contribution < -0.4 is 0 Å². The summed E-state index contributed by atoms with van der Waals surface area (Å²) in [7, 11) is 0. The zero-order valence-electron chi connectivity index (χ0n) is 7.58. The minimum atomic E-state index is 0.264. The first-order chi connectivity index (χ1) is 7.18. The SMILES string of the molecule is Brc1ccc(C(Br)c2cccs2)c(Br)c1. The molecule has 0 aliphatic heterocycles. The van der Waals surface area contributed by atoms with E-state index in [9.17, 15) is 0 Å². The molecule has 78 valence electrons. The molecule has 0 bridgehead atoms. The van der Waals surface area contributed by atoms with E-state index in [1.165, 1.54) is 10.4 Å². The van der Waals surface area contributed by atoms with E-state index >= 15 is 0 Å². The molecular formula is C11H7Br3S. The fourth-order valence-corrected chi connectivity index (χ4v) is 4.47. The standard InChI is InChI=1S/C11H7Br3S/c12-7-3-4-8(9(13)6-7)11(14)10-2-1-5-15-10/h1-6,11H. The van der Waals surface area contributed by atoms with Gasteiger partial charge in [0.1, 0.15) is 0 Å². The first-order valence-corrected chi connectivity index (χ1v) is 7.69. The number of hydrogen-bond acceptors (Lipinski definition) is 1. The molecule has 15 heavy (non-hydrogen) atoms. The summed E-state index contributed by atoms with van der Waals surface area (Å²) in [5, 5.41) is 2.09. The predicted octanol–water partition coefficient (Wildman–Crippen LogP) is 5.76. The smallest absolute Gasteiger partial charge is 0.0748 e. The van der Waals surface area contributed by atoms with Crippen LogP contribution in [0.15, 0.2) is 44.7 Å². The second-order valence-electron chi connectivity index (χ2n) is 3.04. The quantitative estimate of drug-likeness (QED) is 0.552. The van der Waals surface area contributed by atoms with Crippen LogP contribution in [-0.4, -0.2) is 0 Å². The average Bonchev–Trinajstić information content (AvgIpc) is 2.69. The highest BCUT2D eigenvalue weighted by Crippen LogP contribution is 2.38. The molecule has 1 heterocycles. The van der Waals surface area contributed by atoms with Crippen molar-refractivity contribution in [2.45, 2.75) is 4.83 Å². The number of hydrogen-bond donors (Lipinski definition) is 0. The molecular weight excluding hydrogens is 404 g/mol. The maximum atomic E-state index is 3.71. The Kier molecular flexibility index (Phi) is 4.04. The van der Waals surface area contributed by atoms with Crippen LogP contribution in [0.3, 0.4) is 0 Å². The topological polar surface area (TPSA) is 0 Å². The van der Waals surface area contributed by atoms with Gasteiger partial charge in [-0.05, 0) is 29.1 Å². The van der Waals surface area contributed by atoms with Gasteiger partial charge in [-0.25, -0.2) is 0 Å². The summed E-state index contributed by atoms with van der Waals surface area (Å²) >= 11 is 12.5. The molecule has 0 saturated heterocycles. The van der Waals surface area contributed by atoms with Gasteiger partial charge in [0.25, 0.3) is 0 Å². The van der Waals surface area contributed by atoms with Gasteiger partial charge in [0, 0.05) is 13.8 Å². The van der Waals surface area contributed by atoms with Crippen molar-refractivity contribution < 1.29 is 0 Å². The maximum Gasteiger partial charge on any atom is 0.0748 e. The van der Waals surface area contributed by atoms with Gasteiger partial charge in [-0.1, -0.05) is 59.9 Å². The molecule has 0 radical (unpaired) electrons. The van der Waals surface area contributed by atoms with Crippen molar-refractivity contribution in [3.05, 3.63) is 55.1 Å². The van der Waals surface area contributed by atoms with Crippen molar-refractivity contribution in [1.29, 1.82) is 0 Å². The fourth-order valence-electron chi connectivity index (χ4n) is 1.30. The minimum absolute atomic E-state index is 0.264. The van der Waals surface area contributed by atoms with Crippen LogP contribution in [0.5, 0.6) is 0 Å². The minimum Gasteiger partial charge on any atom is -0.147 e. The monoisotopic (exact) mass is 408 g/mol. The molecule has 1 atom stereocenters. The largest absolute Gasteiger partial charge is 0.147 e. The zero-order chi connectivity index (χ0) is 10.8. The van der Waals surface area contributed by atoms with E-state index in [0.717, 1.165) is 8.95 Å². The van der Waals surface area contributed by atoms with Gasteiger partial charge in [0.05, 0.1) is 4.83 Å². The van der Waals surface area contributed by atoms with Crippen LogP contribution in [0.2, 0.25) is 0 Å². The Morgan fingerprint density at radius 2 is 1.93 bits per heavy atom. The van der Waals surface area contributed by atoms with Crippen molar-refractivity contribution in [2.24, 2.45) is 0 Å². The van der Waals surface area contributed by atoms with Crippen molar-refractivity contribution >= 4 is 59.1 Å². The highest BCUT2D eigenvalue weighted by molar-refractivity contribution is 9.11. The molecule has 2 aromatic rings. The molecule has 1 aromatic carbocycles. The Labute approximate surface area is 118 Å². The maximum absolute atomic E-state index is 3.71. The van der Waals surface area contributed by atoms with Gasteiger partial charge in [0.2, 0.25) is 0 Å². The van der Waals surface area contributed by atoms with Crippen LogP contribution in [0.25, 0.3) is 0 Å². The molecule has 0 N–H and O–H groups in total. The van der Waals surface area contributed by atoms with E-state index < -0.39 is 0 Å². The van der Waals surface area contributed by atoms with Gasteiger partial charge in [-0.15, -0.1) is 11.3 Å². The van der Waals surface area contributed by atoms with Gasteiger partial charge in [-0.3, -0.25) is 0 Å². The average molecular weight is 411 g/mol. The van der Waals surface area contributed by atoms with Crippen LogP contribution in [-0.2, 0) is 0 Å². The summed E-state index contributed by atoms with van der Waals surface area (Å²) in [5.41, 5.74) is 1.25. The molecule has 4 heteroatoms. The Hall–Kier alpha value is 0.360. The predicted molar refractivity (Wildman–Crippen MR) is 76.9 cm³/mol. The lowest BCUT2D eigenvalue weighted by Gasteiger charge is -2.10. The van der Waals surface area contributed by atoms with Gasteiger partial charge in [0.15, 0.2) is 0 Å². The summed E-state index contributed by atoms with van der Waals surface area (Å²) in [6.07, 6.45) is 0. The van der Waals surface area contributed by atoms with E-state index in [-0.39, 0.29) is 4.83 Å². The lowest BCUT2D eigenvalue weighted by atomic mass is 10.1. The van der Waals surface area contributed by atoms with Gasteiger partial charge < -0.3 is 0 Å². The third-order valence-corrected chi connectivity index (χ3v) is 5.44. The van der Waals surface area contributed by atoms with Crippen LogP contribution in [0, 0.1) is 0 Å². The lowest BCUT2D eigenvalue weighted by Crippen LogP contribution is -1.90. The second kappa shape index (κ2) is 5.13. The fraction of sp³-hybridized carbons (Fsp3) is 0.0909. The van der Waals surface area contributed by atoms with E-state index in [1.807, 2.05) is 0 Å². The van der Waals surface area contributed by atoms with Crippen LogP contribution in [0.4, 0.5) is 0 Å². The summed E-state index contributed by atoms with van der Waals surface area (Å²) in [6, 6.07) is 10.5. The first-order valence-electron chi connectivity index (χ1n) is 4.31. The van der Waals surface area contributed by atoms with Crippen LogP contribution in [0.1, 0.15) is 15.3 Å². The molecule has 1 aromatic heterocycles. The van der Waals surface area contributed by atoms with Crippen molar-refractivity contribution in [1.82, 2.24) is 0 Å². The molecule has 0 aliphatic rings. The number of halogens is 3.